The van der Waals surface area contributed by atoms with Gasteiger partial charge in [-0.1, -0.05) is 13.3 Å². The molecule has 0 spiro atoms. The highest BCUT2D eigenvalue weighted by Crippen LogP contribution is 2.28. The summed E-state index contributed by atoms with van der Waals surface area (Å²) in [5, 5.41) is 4.22. The lowest BCUT2D eigenvalue weighted by Crippen LogP contribution is -2.46. The van der Waals surface area contributed by atoms with Gasteiger partial charge in [0, 0.05) is 31.5 Å². The third-order valence-corrected chi connectivity index (χ3v) is 5.78. The molecule has 4 rings (SSSR count). The molecule has 0 unspecified atom stereocenters. The van der Waals surface area contributed by atoms with Crippen molar-refractivity contribution in [1.82, 2.24) is 10.3 Å². The molecule has 1 aromatic rings. The molecule has 134 valence electrons. The molecule has 0 radical (unpaired) electrons. The van der Waals surface area contributed by atoms with E-state index in [0.717, 1.165) is 35.9 Å². The van der Waals surface area contributed by atoms with Crippen LogP contribution in [0.4, 0.5) is 0 Å². The van der Waals surface area contributed by atoms with Crippen molar-refractivity contribution in [2.75, 3.05) is 13.1 Å². The van der Waals surface area contributed by atoms with Crippen LogP contribution in [0.2, 0.25) is 0 Å². The van der Waals surface area contributed by atoms with Crippen molar-refractivity contribution in [2.45, 2.75) is 57.6 Å². The van der Waals surface area contributed by atoms with Crippen LogP contribution < -0.4 is 10.2 Å². The Bertz CT molecular complexity index is 643. The number of ether oxygens (including phenoxy) is 1. The molecular formula is C20H27N3O2. The monoisotopic (exact) mass is 341 g/mol. The molecule has 1 saturated carbocycles. The van der Waals surface area contributed by atoms with E-state index in [-0.39, 0.29) is 11.8 Å². The van der Waals surface area contributed by atoms with Gasteiger partial charge in [-0.3, -0.25) is 4.79 Å². The topological polar surface area (TPSA) is 53.9 Å². The maximum absolute atomic E-state index is 11.4. The van der Waals surface area contributed by atoms with E-state index in [1.165, 1.54) is 32.4 Å². The van der Waals surface area contributed by atoms with Gasteiger partial charge in [0.1, 0.15) is 11.9 Å². The quantitative estimate of drug-likeness (QED) is 0.916. The first-order valence-corrected chi connectivity index (χ1v) is 9.56. The van der Waals surface area contributed by atoms with Crippen LogP contribution in [0.1, 0.15) is 51.0 Å². The molecule has 1 amide bonds. The molecule has 1 saturated heterocycles. The molecular weight excluding hydrogens is 314 g/mol. The van der Waals surface area contributed by atoms with Crippen LogP contribution in [-0.4, -0.2) is 41.8 Å². The van der Waals surface area contributed by atoms with Crippen molar-refractivity contribution < 1.29 is 9.53 Å². The zero-order chi connectivity index (χ0) is 17.2. The zero-order valence-electron chi connectivity index (χ0n) is 14.9. The van der Waals surface area contributed by atoms with Crippen molar-refractivity contribution in [3.8, 4) is 5.75 Å². The summed E-state index contributed by atoms with van der Waals surface area (Å²) in [5.74, 6) is 1.07. The largest absolute Gasteiger partial charge is 0.490 e. The summed E-state index contributed by atoms with van der Waals surface area (Å²) in [6.07, 6.45) is 7.23. The Morgan fingerprint density at radius 2 is 1.84 bits per heavy atom. The van der Waals surface area contributed by atoms with Crippen molar-refractivity contribution >= 4 is 11.6 Å². The van der Waals surface area contributed by atoms with Crippen LogP contribution in [0.25, 0.3) is 0 Å². The summed E-state index contributed by atoms with van der Waals surface area (Å²) in [6, 6.07) is 8.99. The van der Waals surface area contributed by atoms with E-state index in [1.807, 2.05) is 31.2 Å². The van der Waals surface area contributed by atoms with E-state index in [2.05, 4.69) is 15.4 Å². The van der Waals surface area contributed by atoms with Crippen molar-refractivity contribution in [3.63, 3.8) is 0 Å². The lowest BCUT2D eigenvalue weighted by atomic mass is 9.90. The van der Waals surface area contributed by atoms with Crippen molar-refractivity contribution in [3.05, 3.63) is 29.8 Å². The number of piperidine rings is 1. The average molecular weight is 341 g/mol. The van der Waals surface area contributed by atoms with Crippen LogP contribution in [0.3, 0.4) is 0 Å². The molecule has 1 aliphatic carbocycles. The number of carbonyl (C=O) groups excluding carboxylic acids is 1. The summed E-state index contributed by atoms with van der Waals surface area (Å²) in [7, 11) is 0. The number of benzene rings is 1. The standard InChI is InChI=1S/C20H27N3O2/c1-14-13-19(24)21-22-20(14)15-5-7-17(8-6-15)25-18-9-11-23(12-10-18)16-3-2-4-16/h5-8,14,16,18H,2-4,9-13H2,1H3,(H,21,24)/t14-/m0/s1. The van der Waals surface area contributed by atoms with E-state index in [0.29, 0.717) is 12.5 Å². The minimum Gasteiger partial charge on any atom is -0.490 e. The third-order valence-electron chi connectivity index (χ3n) is 5.78. The fourth-order valence-electron chi connectivity index (χ4n) is 4.01. The summed E-state index contributed by atoms with van der Waals surface area (Å²) < 4.78 is 6.18. The number of hydrogen-bond donors (Lipinski definition) is 1. The fourth-order valence-corrected chi connectivity index (χ4v) is 4.01. The van der Waals surface area contributed by atoms with Gasteiger partial charge in [0.25, 0.3) is 0 Å². The first-order valence-electron chi connectivity index (χ1n) is 9.56. The Morgan fingerprint density at radius 3 is 2.44 bits per heavy atom. The van der Waals surface area contributed by atoms with Gasteiger partial charge in [-0.2, -0.15) is 5.10 Å². The lowest BCUT2D eigenvalue weighted by Gasteiger charge is -2.41. The highest BCUT2D eigenvalue weighted by molar-refractivity contribution is 6.05. The Hall–Kier alpha value is -1.88. The summed E-state index contributed by atoms with van der Waals surface area (Å²) in [4.78, 5) is 14.0. The van der Waals surface area contributed by atoms with Crippen LogP contribution in [-0.2, 0) is 4.79 Å². The number of hydrogen-bond acceptors (Lipinski definition) is 4. The lowest BCUT2D eigenvalue weighted by molar-refractivity contribution is -0.121. The van der Waals surface area contributed by atoms with E-state index in [4.69, 9.17) is 4.74 Å². The Morgan fingerprint density at radius 1 is 1.12 bits per heavy atom. The predicted octanol–water partition coefficient (Wildman–Crippen LogP) is 2.94. The number of likely N-dealkylation sites (tertiary alicyclic amines) is 1. The maximum atomic E-state index is 11.4. The Labute approximate surface area is 149 Å². The van der Waals surface area contributed by atoms with E-state index in [9.17, 15) is 4.79 Å². The van der Waals surface area contributed by atoms with Crippen molar-refractivity contribution in [1.29, 1.82) is 0 Å². The second kappa shape index (κ2) is 7.16. The number of nitrogens with zero attached hydrogens (tertiary/aromatic N) is 2. The van der Waals surface area contributed by atoms with Gasteiger partial charge in [0.15, 0.2) is 0 Å². The summed E-state index contributed by atoms with van der Waals surface area (Å²) in [5.41, 5.74) is 4.58. The second-order valence-corrected chi connectivity index (χ2v) is 7.60. The molecule has 1 aromatic carbocycles. The van der Waals surface area contributed by atoms with E-state index in [1.54, 1.807) is 0 Å². The molecule has 1 atom stereocenters. The van der Waals surface area contributed by atoms with Gasteiger partial charge in [0.2, 0.25) is 5.91 Å². The normalized spacial score (nSPS) is 25.9. The minimum absolute atomic E-state index is 0.00977. The number of rotatable bonds is 4. The first kappa shape index (κ1) is 16.6. The maximum Gasteiger partial charge on any atom is 0.240 e. The molecule has 2 fully saturated rings. The highest BCUT2D eigenvalue weighted by atomic mass is 16.5. The van der Waals surface area contributed by atoms with Crippen LogP contribution in [0, 0.1) is 5.92 Å². The Balaban J connectivity index is 1.33. The van der Waals surface area contributed by atoms with Crippen LogP contribution in [0.5, 0.6) is 5.75 Å². The molecule has 5 heteroatoms. The SMILES string of the molecule is C[C@H]1CC(=O)NN=C1c1ccc(OC2CCN(C3CCC3)CC2)cc1. The minimum atomic E-state index is -0.00977. The number of carbonyl (C=O) groups is 1. The Kier molecular flexibility index (Phi) is 4.75. The third kappa shape index (κ3) is 3.71. The van der Waals surface area contributed by atoms with Gasteiger partial charge >= 0.3 is 0 Å². The fraction of sp³-hybridized carbons (Fsp3) is 0.600. The molecule has 0 aromatic heterocycles. The number of nitrogens with one attached hydrogen (secondary N) is 1. The van der Waals surface area contributed by atoms with Gasteiger partial charge in [-0.15, -0.1) is 0 Å². The van der Waals surface area contributed by atoms with Crippen LogP contribution >= 0.6 is 0 Å². The molecule has 25 heavy (non-hydrogen) atoms. The van der Waals surface area contributed by atoms with Crippen molar-refractivity contribution in [2.24, 2.45) is 11.0 Å². The number of amides is 1. The smallest absolute Gasteiger partial charge is 0.240 e. The van der Waals surface area contributed by atoms with Gasteiger partial charge in [-0.25, -0.2) is 5.43 Å². The van der Waals surface area contributed by atoms with Gasteiger partial charge < -0.3 is 9.64 Å². The molecule has 1 N–H and O–H groups in total. The molecule has 5 nitrogen and oxygen atoms in total. The molecule has 3 aliphatic rings. The second-order valence-electron chi connectivity index (χ2n) is 7.60. The predicted molar refractivity (Wildman–Crippen MR) is 97.8 cm³/mol. The van der Waals surface area contributed by atoms with Gasteiger partial charge in [0.05, 0.1) is 5.71 Å². The summed E-state index contributed by atoms with van der Waals surface area (Å²) in [6.45, 7) is 4.38. The molecule has 2 aliphatic heterocycles. The molecule has 2 heterocycles. The van der Waals surface area contributed by atoms with Crippen LogP contribution in [0.15, 0.2) is 29.4 Å². The summed E-state index contributed by atoms with van der Waals surface area (Å²) >= 11 is 0. The average Bonchev–Trinajstić information content (AvgIpc) is 2.56. The first-order chi connectivity index (χ1) is 12.2. The number of hydrazone groups is 1. The van der Waals surface area contributed by atoms with Gasteiger partial charge in [-0.05, 0) is 55.5 Å². The van der Waals surface area contributed by atoms with E-state index >= 15 is 0 Å². The van der Waals surface area contributed by atoms with E-state index < -0.39 is 0 Å². The highest BCUT2D eigenvalue weighted by Gasteiger charge is 2.29. The molecule has 0 bridgehead atoms. The zero-order valence-corrected chi connectivity index (χ0v) is 14.9.